The van der Waals surface area contributed by atoms with Gasteiger partial charge < -0.3 is 25.2 Å². The molecule has 2 atom stereocenters. The molecule has 1 aliphatic rings. The number of benzene rings is 1. The van der Waals surface area contributed by atoms with Crippen LogP contribution in [0, 0.1) is 0 Å². The molecule has 0 saturated heterocycles. The second-order valence-electron chi connectivity index (χ2n) is 5.31. The minimum absolute atomic E-state index is 0.0294. The smallest absolute Gasteiger partial charge is 0.478 e. The van der Waals surface area contributed by atoms with Gasteiger partial charge in [-0.2, -0.15) is 0 Å². The van der Waals surface area contributed by atoms with E-state index in [4.69, 9.17) is 9.76 Å². The van der Waals surface area contributed by atoms with Gasteiger partial charge in [-0.25, -0.2) is 0 Å². The molecule has 0 spiro atoms. The highest BCUT2D eigenvalue weighted by Gasteiger charge is 2.32. The average molecular weight is 319 g/mol. The SMILES string of the molecule is O=C(O)CC1C=CCC(NC(=O)Cc2ccccc2O)B(O)O1. The lowest BCUT2D eigenvalue weighted by Gasteiger charge is -2.20. The predicted octanol–water partition coefficient (Wildman–Crippen LogP) is 0.259. The molecule has 1 aliphatic heterocycles. The van der Waals surface area contributed by atoms with Gasteiger partial charge in [0.25, 0.3) is 0 Å². The summed E-state index contributed by atoms with van der Waals surface area (Å²) in [6.45, 7) is 0. The number of phenolic OH excluding ortho intramolecular Hbond substituents is 1. The Kier molecular flexibility index (Phi) is 5.78. The minimum Gasteiger partial charge on any atom is -0.508 e. The maximum Gasteiger partial charge on any atom is 0.478 e. The van der Waals surface area contributed by atoms with Gasteiger partial charge in [0.05, 0.1) is 24.9 Å². The zero-order valence-corrected chi connectivity index (χ0v) is 12.4. The van der Waals surface area contributed by atoms with E-state index in [9.17, 15) is 19.7 Å². The number of carbonyl (C=O) groups is 2. The first-order valence-corrected chi connectivity index (χ1v) is 7.24. The summed E-state index contributed by atoms with van der Waals surface area (Å²) in [5, 5.41) is 31.0. The summed E-state index contributed by atoms with van der Waals surface area (Å²) in [4.78, 5) is 22.7. The fraction of sp³-hybridized carbons (Fsp3) is 0.333. The second-order valence-corrected chi connectivity index (χ2v) is 5.31. The van der Waals surface area contributed by atoms with Gasteiger partial charge in [-0.1, -0.05) is 30.4 Å². The third-order valence-corrected chi connectivity index (χ3v) is 3.46. The number of aromatic hydroxyl groups is 1. The largest absolute Gasteiger partial charge is 0.508 e. The van der Waals surface area contributed by atoms with Crippen molar-refractivity contribution in [2.45, 2.75) is 31.3 Å². The van der Waals surface area contributed by atoms with Gasteiger partial charge in [0, 0.05) is 5.56 Å². The highest BCUT2D eigenvalue weighted by atomic mass is 16.5. The van der Waals surface area contributed by atoms with Crippen LogP contribution in [0.4, 0.5) is 0 Å². The molecule has 0 fully saturated rings. The molecular formula is C15H18BNO6. The summed E-state index contributed by atoms with van der Waals surface area (Å²) >= 11 is 0. The first-order valence-electron chi connectivity index (χ1n) is 7.24. The van der Waals surface area contributed by atoms with Crippen molar-refractivity contribution in [2.24, 2.45) is 0 Å². The van der Waals surface area contributed by atoms with Gasteiger partial charge in [0.15, 0.2) is 0 Å². The zero-order chi connectivity index (χ0) is 16.8. The first kappa shape index (κ1) is 17.0. The van der Waals surface area contributed by atoms with Crippen molar-refractivity contribution in [3.63, 3.8) is 0 Å². The number of para-hydroxylation sites is 1. The van der Waals surface area contributed by atoms with E-state index in [1.165, 1.54) is 6.07 Å². The van der Waals surface area contributed by atoms with Gasteiger partial charge in [0.2, 0.25) is 5.91 Å². The van der Waals surface area contributed by atoms with Crippen LogP contribution in [0.3, 0.4) is 0 Å². The summed E-state index contributed by atoms with van der Waals surface area (Å²) in [7, 11) is -1.30. The normalized spacial score (nSPS) is 20.8. The summed E-state index contributed by atoms with van der Waals surface area (Å²) in [6, 6.07) is 6.50. The van der Waals surface area contributed by atoms with Crippen LogP contribution in [0.25, 0.3) is 0 Å². The number of hydrogen-bond donors (Lipinski definition) is 4. The van der Waals surface area contributed by atoms with Crippen LogP contribution < -0.4 is 5.32 Å². The Morgan fingerprint density at radius 1 is 1.35 bits per heavy atom. The monoisotopic (exact) mass is 319 g/mol. The third-order valence-electron chi connectivity index (χ3n) is 3.46. The number of carbonyl (C=O) groups excluding carboxylic acids is 1. The Balaban J connectivity index is 1.92. The standard InChI is InChI=1S/C15H18BNO6/c18-12-6-2-1-4-10(12)8-14(19)17-13-7-3-5-11(9-15(20)21)23-16(13)22/h1-6,11,13,18,22H,7-9H2,(H,17,19)(H,20,21). The summed E-state index contributed by atoms with van der Waals surface area (Å²) in [6.07, 6.45) is 2.54. The summed E-state index contributed by atoms with van der Waals surface area (Å²) < 4.78 is 5.23. The van der Waals surface area contributed by atoms with Crippen molar-refractivity contribution in [2.75, 3.05) is 0 Å². The van der Waals surface area contributed by atoms with E-state index >= 15 is 0 Å². The predicted molar refractivity (Wildman–Crippen MR) is 82.6 cm³/mol. The van der Waals surface area contributed by atoms with Crippen molar-refractivity contribution >= 4 is 19.0 Å². The number of carboxylic acids is 1. The molecule has 0 aliphatic carbocycles. The number of phenols is 1. The lowest BCUT2D eigenvalue weighted by Crippen LogP contribution is -2.48. The van der Waals surface area contributed by atoms with E-state index in [1.807, 2.05) is 0 Å². The Hall–Kier alpha value is -2.32. The minimum atomic E-state index is -1.30. The number of aliphatic carboxylic acids is 1. The van der Waals surface area contributed by atoms with E-state index in [0.29, 0.717) is 12.0 Å². The lowest BCUT2D eigenvalue weighted by molar-refractivity contribution is -0.138. The van der Waals surface area contributed by atoms with Crippen molar-refractivity contribution < 1.29 is 29.5 Å². The first-order chi connectivity index (χ1) is 11.0. The molecule has 0 saturated carbocycles. The van der Waals surface area contributed by atoms with Gasteiger partial charge in [-0.3, -0.25) is 9.59 Å². The molecular weight excluding hydrogens is 301 g/mol. The van der Waals surface area contributed by atoms with Gasteiger partial charge in [-0.05, 0) is 12.5 Å². The number of amides is 1. The molecule has 0 aromatic heterocycles. The Morgan fingerprint density at radius 2 is 2.09 bits per heavy atom. The van der Waals surface area contributed by atoms with E-state index in [1.54, 1.807) is 30.4 Å². The van der Waals surface area contributed by atoms with E-state index in [2.05, 4.69) is 5.32 Å². The van der Waals surface area contributed by atoms with Crippen LogP contribution in [0.5, 0.6) is 5.75 Å². The van der Waals surface area contributed by atoms with Crippen LogP contribution in [-0.4, -0.2) is 46.3 Å². The number of carboxylic acid groups (broad SMARTS) is 1. The quantitative estimate of drug-likeness (QED) is 0.457. The third kappa shape index (κ3) is 5.12. The number of hydrogen-bond acceptors (Lipinski definition) is 5. The van der Waals surface area contributed by atoms with Gasteiger partial charge >= 0.3 is 13.1 Å². The van der Waals surface area contributed by atoms with E-state index < -0.39 is 25.1 Å². The van der Waals surface area contributed by atoms with E-state index in [0.717, 1.165) is 0 Å². The molecule has 1 aromatic rings. The van der Waals surface area contributed by atoms with Crippen LogP contribution >= 0.6 is 0 Å². The van der Waals surface area contributed by atoms with E-state index in [-0.39, 0.29) is 24.5 Å². The molecule has 8 heteroatoms. The van der Waals surface area contributed by atoms with Crippen molar-refractivity contribution in [3.8, 4) is 5.75 Å². The molecule has 0 radical (unpaired) electrons. The van der Waals surface area contributed by atoms with Gasteiger partial charge in [0.1, 0.15) is 5.75 Å². The Bertz CT molecular complexity index is 605. The maximum absolute atomic E-state index is 12.0. The molecule has 2 rings (SSSR count). The van der Waals surface area contributed by atoms with Crippen LogP contribution in [0.1, 0.15) is 18.4 Å². The summed E-state index contributed by atoms with van der Waals surface area (Å²) in [5.74, 6) is -2.05. The molecule has 0 bridgehead atoms. The molecule has 122 valence electrons. The molecule has 1 heterocycles. The molecule has 23 heavy (non-hydrogen) atoms. The number of rotatable bonds is 5. The topological polar surface area (TPSA) is 116 Å². The molecule has 7 nitrogen and oxygen atoms in total. The highest BCUT2D eigenvalue weighted by Crippen LogP contribution is 2.17. The van der Waals surface area contributed by atoms with Crippen LogP contribution in [0.2, 0.25) is 0 Å². The Morgan fingerprint density at radius 3 is 2.78 bits per heavy atom. The van der Waals surface area contributed by atoms with Crippen molar-refractivity contribution in [1.29, 1.82) is 0 Å². The van der Waals surface area contributed by atoms with Gasteiger partial charge in [-0.15, -0.1) is 0 Å². The fourth-order valence-electron chi connectivity index (χ4n) is 2.32. The fourth-order valence-corrected chi connectivity index (χ4v) is 2.32. The number of nitrogens with one attached hydrogen (secondary N) is 1. The average Bonchev–Trinajstić information content (AvgIpc) is 2.63. The van der Waals surface area contributed by atoms with Crippen molar-refractivity contribution in [3.05, 3.63) is 42.0 Å². The molecule has 1 aromatic carbocycles. The zero-order valence-electron chi connectivity index (χ0n) is 12.4. The van der Waals surface area contributed by atoms with Crippen LogP contribution in [-0.2, 0) is 20.7 Å². The highest BCUT2D eigenvalue weighted by molar-refractivity contribution is 6.45. The summed E-state index contributed by atoms with van der Waals surface area (Å²) in [5.41, 5.74) is 0.480. The molecule has 2 unspecified atom stereocenters. The van der Waals surface area contributed by atoms with Crippen LogP contribution in [0.15, 0.2) is 36.4 Å². The molecule has 1 amide bonds. The lowest BCUT2D eigenvalue weighted by atomic mass is 9.77. The molecule has 4 N–H and O–H groups in total. The Labute approximate surface area is 133 Å². The maximum atomic E-state index is 12.0. The second kappa shape index (κ2) is 7.80. The van der Waals surface area contributed by atoms with Crippen molar-refractivity contribution in [1.82, 2.24) is 5.32 Å².